The summed E-state index contributed by atoms with van der Waals surface area (Å²) >= 11 is 0. The monoisotopic (exact) mass is 185 g/mol. The van der Waals surface area contributed by atoms with E-state index in [-0.39, 0.29) is 6.10 Å². The highest BCUT2D eigenvalue weighted by molar-refractivity contribution is 4.71. The van der Waals surface area contributed by atoms with Gasteiger partial charge in [-0.05, 0) is 38.3 Å². The average Bonchev–Trinajstić information content (AvgIpc) is 2.09. The average molecular weight is 185 g/mol. The summed E-state index contributed by atoms with van der Waals surface area (Å²) in [5.74, 6) is 0.888. The second kappa shape index (κ2) is 5.61. The lowest BCUT2D eigenvalue weighted by Crippen LogP contribution is -2.38. The van der Waals surface area contributed by atoms with Crippen LogP contribution in [0.5, 0.6) is 0 Å². The lowest BCUT2D eigenvalue weighted by molar-refractivity contribution is 0.0854. The molecule has 2 nitrogen and oxygen atoms in total. The first-order chi connectivity index (χ1) is 6.22. The Morgan fingerprint density at radius 3 is 2.54 bits per heavy atom. The van der Waals surface area contributed by atoms with Gasteiger partial charge in [0.05, 0.1) is 6.10 Å². The van der Waals surface area contributed by atoms with Crippen LogP contribution in [0.15, 0.2) is 0 Å². The van der Waals surface area contributed by atoms with E-state index in [9.17, 15) is 5.11 Å². The molecule has 1 aliphatic heterocycles. The molecule has 1 heterocycles. The molecule has 1 N–H and O–H groups in total. The van der Waals surface area contributed by atoms with Crippen molar-refractivity contribution in [3.05, 3.63) is 0 Å². The quantitative estimate of drug-likeness (QED) is 0.723. The van der Waals surface area contributed by atoms with Crippen molar-refractivity contribution in [1.82, 2.24) is 4.90 Å². The molecule has 0 spiro atoms. The van der Waals surface area contributed by atoms with Gasteiger partial charge in [0.15, 0.2) is 0 Å². The summed E-state index contributed by atoms with van der Waals surface area (Å²) in [7, 11) is 0. The fraction of sp³-hybridized carbons (Fsp3) is 1.00. The minimum atomic E-state index is -0.0987. The van der Waals surface area contributed by atoms with E-state index in [1.165, 1.54) is 25.9 Å². The van der Waals surface area contributed by atoms with Gasteiger partial charge in [0, 0.05) is 6.54 Å². The molecule has 1 aliphatic rings. The number of rotatable bonds is 4. The van der Waals surface area contributed by atoms with Crippen LogP contribution < -0.4 is 0 Å². The molecule has 0 aromatic rings. The Bertz CT molecular complexity index is 130. The third kappa shape index (κ3) is 4.10. The van der Waals surface area contributed by atoms with E-state index >= 15 is 0 Å². The Morgan fingerprint density at radius 1 is 1.38 bits per heavy atom. The van der Waals surface area contributed by atoms with Crippen LogP contribution in [0.4, 0.5) is 0 Å². The van der Waals surface area contributed by atoms with Crippen molar-refractivity contribution >= 4 is 0 Å². The molecule has 1 fully saturated rings. The zero-order valence-corrected chi connectivity index (χ0v) is 9.00. The third-order valence-corrected chi connectivity index (χ3v) is 2.97. The van der Waals surface area contributed by atoms with Crippen molar-refractivity contribution in [2.45, 2.75) is 45.6 Å². The van der Waals surface area contributed by atoms with E-state index in [0.29, 0.717) is 0 Å². The van der Waals surface area contributed by atoms with Crippen LogP contribution in [0.1, 0.15) is 39.5 Å². The van der Waals surface area contributed by atoms with Crippen LogP contribution in [0, 0.1) is 5.92 Å². The zero-order chi connectivity index (χ0) is 9.68. The van der Waals surface area contributed by atoms with Gasteiger partial charge in [0.25, 0.3) is 0 Å². The predicted octanol–water partition coefficient (Wildman–Crippen LogP) is 1.88. The molecule has 2 heteroatoms. The van der Waals surface area contributed by atoms with Crippen LogP contribution >= 0.6 is 0 Å². The molecule has 78 valence electrons. The van der Waals surface area contributed by atoms with E-state index < -0.39 is 0 Å². The maximum absolute atomic E-state index is 9.63. The van der Waals surface area contributed by atoms with E-state index in [1.807, 2.05) is 0 Å². The predicted molar refractivity (Wildman–Crippen MR) is 55.8 cm³/mol. The molecule has 0 bridgehead atoms. The first kappa shape index (κ1) is 11.0. The molecule has 1 atom stereocenters. The highest BCUT2D eigenvalue weighted by Gasteiger charge is 2.17. The van der Waals surface area contributed by atoms with Gasteiger partial charge in [0.2, 0.25) is 0 Å². The Hall–Kier alpha value is -0.0800. The lowest BCUT2D eigenvalue weighted by atomic mass is 9.99. The number of hydrogen-bond acceptors (Lipinski definition) is 2. The molecule has 1 unspecified atom stereocenters. The van der Waals surface area contributed by atoms with Crippen molar-refractivity contribution in [3.8, 4) is 0 Å². The van der Waals surface area contributed by atoms with Crippen LogP contribution in [0.3, 0.4) is 0 Å². The number of piperidine rings is 1. The molecule has 1 saturated heterocycles. The Labute approximate surface area is 81.9 Å². The molecule has 0 amide bonds. The SMILES string of the molecule is CCCC(O)CN1CCC(C)CC1. The molecular formula is C11H23NO. The summed E-state index contributed by atoms with van der Waals surface area (Å²) in [6, 6.07) is 0. The van der Waals surface area contributed by atoms with Crippen molar-refractivity contribution in [2.75, 3.05) is 19.6 Å². The highest BCUT2D eigenvalue weighted by atomic mass is 16.3. The molecule has 0 aromatic heterocycles. The summed E-state index contributed by atoms with van der Waals surface area (Å²) in [5.41, 5.74) is 0. The largest absolute Gasteiger partial charge is 0.392 e. The summed E-state index contributed by atoms with van der Waals surface area (Å²) in [4.78, 5) is 2.40. The summed E-state index contributed by atoms with van der Waals surface area (Å²) < 4.78 is 0. The van der Waals surface area contributed by atoms with Crippen molar-refractivity contribution in [2.24, 2.45) is 5.92 Å². The number of hydrogen-bond donors (Lipinski definition) is 1. The van der Waals surface area contributed by atoms with E-state index in [4.69, 9.17) is 0 Å². The van der Waals surface area contributed by atoms with Gasteiger partial charge in [0.1, 0.15) is 0 Å². The highest BCUT2D eigenvalue weighted by Crippen LogP contribution is 2.16. The molecule has 0 radical (unpaired) electrons. The van der Waals surface area contributed by atoms with Crippen molar-refractivity contribution in [3.63, 3.8) is 0 Å². The maximum atomic E-state index is 9.63. The zero-order valence-electron chi connectivity index (χ0n) is 9.00. The van der Waals surface area contributed by atoms with E-state index in [2.05, 4.69) is 18.7 Å². The number of β-amino-alcohol motifs (C(OH)–C–C–N with tert-alkyl or cyclic N) is 1. The molecule has 0 saturated carbocycles. The summed E-state index contributed by atoms with van der Waals surface area (Å²) in [6.45, 7) is 7.70. The Morgan fingerprint density at radius 2 is 2.00 bits per heavy atom. The second-order valence-electron chi connectivity index (χ2n) is 4.43. The summed E-state index contributed by atoms with van der Waals surface area (Å²) in [6.07, 6.45) is 4.55. The number of aliphatic hydroxyl groups excluding tert-OH is 1. The number of aliphatic hydroxyl groups is 1. The molecular weight excluding hydrogens is 162 g/mol. The van der Waals surface area contributed by atoms with Gasteiger partial charge in [-0.3, -0.25) is 0 Å². The normalized spacial score (nSPS) is 23.3. The lowest BCUT2D eigenvalue weighted by Gasteiger charge is -2.31. The van der Waals surface area contributed by atoms with Gasteiger partial charge >= 0.3 is 0 Å². The molecule has 13 heavy (non-hydrogen) atoms. The molecule has 0 aromatic carbocycles. The van der Waals surface area contributed by atoms with Crippen LogP contribution in [0.25, 0.3) is 0 Å². The fourth-order valence-corrected chi connectivity index (χ4v) is 1.97. The van der Waals surface area contributed by atoms with Gasteiger partial charge in [-0.15, -0.1) is 0 Å². The van der Waals surface area contributed by atoms with E-state index in [1.54, 1.807) is 0 Å². The van der Waals surface area contributed by atoms with E-state index in [0.717, 1.165) is 25.3 Å². The summed E-state index contributed by atoms with van der Waals surface area (Å²) in [5, 5.41) is 9.63. The fourth-order valence-electron chi connectivity index (χ4n) is 1.97. The van der Waals surface area contributed by atoms with Gasteiger partial charge in [-0.25, -0.2) is 0 Å². The minimum Gasteiger partial charge on any atom is -0.392 e. The molecule has 1 rings (SSSR count). The number of nitrogens with zero attached hydrogens (tertiary/aromatic N) is 1. The van der Waals surface area contributed by atoms with Gasteiger partial charge in [-0.2, -0.15) is 0 Å². The van der Waals surface area contributed by atoms with Gasteiger partial charge in [-0.1, -0.05) is 20.3 Å². The van der Waals surface area contributed by atoms with Crippen molar-refractivity contribution in [1.29, 1.82) is 0 Å². The second-order valence-corrected chi connectivity index (χ2v) is 4.43. The Kier molecular flexibility index (Phi) is 4.74. The third-order valence-electron chi connectivity index (χ3n) is 2.97. The number of likely N-dealkylation sites (tertiary alicyclic amines) is 1. The minimum absolute atomic E-state index is 0.0987. The smallest absolute Gasteiger partial charge is 0.0667 e. The van der Waals surface area contributed by atoms with Crippen molar-refractivity contribution < 1.29 is 5.11 Å². The maximum Gasteiger partial charge on any atom is 0.0667 e. The van der Waals surface area contributed by atoms with Gasteiger partial charge < -0.3 is 10.0 Å². The van der Waals surface area contributed by atoms with Crippen LogP contribution in [0.2, 0.25) is 0 Å². The topological polar surface area (TPSA) is 23.5 Å². The van der Waals surface area contributed by atoms with Crippen LogP contribution in [-0.2, 0) is 0 Å². The first-order valence-corrected chi connectivity index (χ1v) is 5.62. The molecule has 0 aliphatic carbocycles. The Balaban J connectivity index is 2.14. The first-order valence-electron chi connectivity index (χ1n) is 5.62. The standard InChI is InChI=1S/C11H23NO/c1-3-4-11(13)9-12-7-5-10(2)6-8-12/h10-11,13H,3-9H2,1-2H3. The van der Waals surface area contributed by atoms with Crippen LogP contribution in [-0.4, -0.2) is 35.7 Å².